The third-order valence-corrected chi connectivity index (χ3v) is 5.30. The van der Waals surface area contributed by atoms with Gasteiger partial charge in [-0.2, -0.15) is 0 Å². The first-order chi connectivity index (χ1) is 11.1. The van der Waals surface area contributed by atoms with Crippen molar-refractivity contribution in [3.63, 3.8) is 0 Å². The molecule has 1 saturated heterocycles. The highest BCUT2D eigenvalue weighted by Crippen LogP contribution is 2.26. The second kappa shape index (κ2) is 7.58. The van der Waals surface area contributed by atoms with E-state index in [4.69, 9.17) is 0 Å². The van der Waals surface area contributed by atoms with E-state index >= 15 is 0 Å². The number of carbonyl (C=O) groups is 2. The Bertz CT molecular complexity index is 565. The summed E-state index contributed by atoms with van der Waals surface area (Å²) in [5.74, 6) is -0.222. The monoisotopic (exact) mass is 378 g/mol. The molecule has 1 unspecified atom stereocenters. The van der Waals surface area contributed by atoms with Crippen LogP contribution in [0.2, 0.25) is 0 Å². The molecule has 1 aliphatic carbocycles. The number of nitrogens with one attached hydrogen (secondary N) is 1. The zero-order valence-electron chi connectivity index (χ0n) is 13.3. The zero-order chi connectivity index (χ0) is 16.2. The lowest BCUT2D eigenvalue weighted by Gasteiger charge is -2.24. The highest BCUT2D eigenvalue weighted by atomic mass is 79.9. The second-order valence-electron chi connectivity index (χ2n) is 6.51. The SMILES string of the molecule is O=C1CC(NC2CCCCCCC2)C(=O)N1c1ccc(Br)cc1. The molecule has 0 bridgehead atoms. The molecule has 1 heterocycles. The van der Waals surface area contributed by atoms with Crippen LogP contribution in [0.5, 0.6) is 0 Å². The predicted molar refractivity (Wildman–Crippen MR) is 94.3 cm³/mol. The van der Waals surface area contributed by atoms with Gasteiger partial charge in [-0.15, -0.1) is 0 Å². The first-order valence-corrected chi connectivity index (χ1v) is 9.33. The quantitative estimate of drug-likeness (QED) is 0.814. The third-order valence-electron chi connectivity index (χ3n) is 4.77. The molecule has 1 saturated carbocycles. The smallest absolute Gasteiger partial charge is 0.251 e. The van der Waals surface area contributed by atoms with E-state index in [-0.39, 0.29) is 24.3 Å². The minimum absolute atomic E-state index is 0.110. The van der Waals surface area contributed by atoms with Gasteiger partial charge in [-0.05, 0) is 37.1 Å². The Hall–Kier alpha value is -1.20. The molecular weight excluding hydrogens is 356 g/mol. The van der Waals surface area contributed by atoms with E-state index < -0.39 is 0 Å². The number of hydrogen-bond donors (Lipinski definition) is 1. The van der Waals surface area contributed by atoms with Crippen molar-refractivity contribution in [3.05, 3.63) is 28.7 Å². The number of anilines is 1. The molecule has 5 heteroatoms. The van der Waals surface area contributed by atoms with Gasteiger partial charge in [0.2, 0.25) is 5.91 Å². The summed E-state index contributed by atoms with van der Waals surface area (Å²) in [4.78, 5) is 26.3. The van der Waals surface area contributed by atoms with Crippen molar-refractivity contribution < 1.29 is 9.59 Å². The Kier molecular flexibility index (Phi) is 5.49. The minimum Gasteiger partial charge on any atom is -0.303 e. The van der Waals surface area contributed by atoms with Gasteiger partial charge in [0.05, 0.1) is 18.2 Å². The standard InChI is InChI=1S/C18H23BrN2O2/c19-13-8-10-15(11-9-13)21-17(22)12-16(18(21)23)20-14-6-4-2-1-3-5-7-14/h8-11,14,16,20H,1-7,12H2. The van der Waals surface area contributed by atoms with Gasteiger partial charge in [0.15, 0.2) is 0 Å². The number of halogens is 1. The maximum atomic E-state index is 12.7. The molecule has 4 nitrogen and oxygen atoms in total. The van der Waals surface area contributed by atoms with Crippen molar-refractivity contribution in [2.75, 3.05) is 4.90 Å². The highest BCUT2D eigenvalue weighted by Gasteiger charge is 2.40. The number of hydrogen-bond acceptors (Lipinski definition) is 3. The van der Waals surface area contributed by atoms with E-state index in [0.717, 1.165) is 17.3 Å². The van der Waals surface area contributed by atoms with Gasteiger partial charge in [0, 0.05) is 10.5 Å². The van der Waals surface area contributed by atoms with Crippen LogP contribution < -0.4 is 10.2 Å². The minimum atomic E-state index is -0.365. The van der Waals surface area contributed by atoms with Crippen molar-refractivity contribution in [2.45, 2.75) is 63.5 Å². The molecule has 0 aromatic heterocycles. The summed E-state index contributed by atoms with van der Waals surface area (Å²) in [7, 11) is 0. The lowest BCUT2D eigenvalue weighted by atomic mass is 9.96. The van der Waals surface area contributed by atoms with Crippen LogP contribution in [0, 0.1) is 0 Å². The molecule has 2 amide bonds. The average Bonchev–Trinajstić information content (AvgIpc) is 2.77. The van der Waals surface area contributed by atoms with Crippen molar-refractivity contribution in [3.8, 4) is 0 Å². The van der Waals surface area contributed by atoms with E-state index in [9.17, 15) is 9.59 Å². The van der Waals surface area contributed by atoms with Gasteiger partial charge in [-0.1, -0.05) is 48.0 Å². The third kappa shape index (κ3) is 4.01. The lowest BCUT2D eigenvalue weighted by molar-refractivity contribution is -0.121. The van der Waals surface area contributed by atoms with Crippen molar-refractivity contribution in [1.29, 1.82) is 0 Å². The molecule has 1 atom stereocenters. The topological polar surface area (TPSA) is 49.4 Å². The molecule has 1 aromatic carbocycles. The van der Waals surface area contributed by atoms with Crippen LogP contribution in [0.4, 0.5) is 5.69 Å². The van der Waals surface area contributed by atoms with Crippen molar-refractivity contribution in [1.82, 2.24) is 5.32 Å². The Labute approximate surface area is 145 Å². The van der Waals surface area contributed by atoms with E-state index in [1.807, 2.05) is 12.1 Å². The number of imide groups is 1. The molecule has 2 aliphatic rings. The summed E-state index contributed by atoms with van der Waals surface area (Å²) in [5.41, 5.74) is 0.658. The van der Waals surface area contributed by atoms with Gasteiger partial charge in [0.25, 0.3) is 5.91 Å². The van der Waals surface area contributed by atoms with E-state index in [1.165, 1.54) is 37.0 Å². The van der Waals surface area contributed by atoms with Crippen LogP contribution in [-0.4, -0.2) is 23.9 Å². The molecule has 3 rings (SSSR count). The number of nitrogens with zero attached hydrogens (tertiary/aromatic N) is 1. The Balaban J connectivity index is 1.66. The first-order valence-electron chi connectivity index (χ1n) is 8.53. The zero-order valence-corrected chi connectivity index (χ0v) is 14.8. The predicted octanol–water partition coefficient (Wildman–Crippen LogP) is 3.78. The van der Waals surface area contributed by atoms with Crippen molar-refractivity contribution >= 4 is 33.4 Å². The van der Waals surface area contributed by atoms with Crippen LogP contribution in [0.1, 0.15) is 51.4 Å². The number of amides is 2. The normalized spacial score (nSPS) is 23.9. The fraction of sp³-hybridized carbons (Fsp3) is 0.556. The van der Waals surface area contributed by atoms with Gasteiger partial charge in [-0.25, -0.2) is 4.90 Å². The van der Waals surface area contributed by atoms with Crippen molar-refractivity contribution in [2.24, 2.45) is 0 Å². The number of carbonyl (C=O) groups excluding carboxylic acids is 2. The summed E-state index contributed by atoms with van der Waals surface area (Å²) in [6, 6.07) is 7.31. The molecule has 1 aliphatic heterocycles. The van der Waals surface area contributed by atoms with E-state index in [2.05, 4.69) is 21.2 Å². The summed E-state index contributed by atoms with van der Waals surface area (Å²) in [6.07, 6.45) is 8.79. The molecule has 124 valence electrons. The molecule has 2 fully saturated rings. The molecule has 1 aromatic rings. The van der Waals surface area contributed by atoms with Crippen LogP contribution >= 0.6 is 15.9 Å². The van der Waals surface area contributed by atoms with Crippen LogP contribution in [0.25, 0.3) is 0 Å². The van der Waals surface area contributed by atoms with Gasteiger partial charge >= 0.3 is 0 Å². The summed E-state index contributed by atoms with van der Waals surface area (Å²) < 4.78 is 0.935. The van der Waals surface area contributed by atoms with E-state index in [1.54, 1.807) is 12.1 Å². The fourth-order valence-corrected chi connectivity index (χ4v) is 3.80. The van der Waals surface area contributed by atoms with Crippen LogP contribution in [0.15, 0.2) is 28.7 Å². The largest absolute Gasteiger partial charge is 0.303 e. The van der Waals surface area contributed by atoms with Gasteiger partial charge < -0.3 is 5.32 Å². The second-order valence-corrected chi connectivity index (χ2v) is 7.42. The molecule has 1 N–H and O–H groups in total. The highest BCUT2D eigenvalue weighted by molar-refractivity contribution is 9.10. The van der Waals surface area contributed by atoms with E-state index in [0.29, 0.717) is 11.7 Å². The molecular formula is C18H23BrN2O2. The Morgan fingerprint density at radius 1 is 0.957 bits per heavy atom. The molecule has 0 radical (unpaired) electrons. The molecule has 23 heavy (non-hydrogen) atoms. The average molecular weight is 379 g/mol. The maximum absolute atomic E-state index is 12.7. The molecule has 0 spiro atoms. The summed E-state index contributed by atoms with van der Waals surface area (Å²) in [6.45, 7) is 0. The van der Waals surface area contributed by atoms with Crippen LogP contribution in [0.3, 0.4) is 0 Å². The lowest BCUT2D eigenvalue weighted by Crippen LogP contribution is -2.44. The Morgan fingerprint density at radius 3 is 2.22 bits per heavy atom. The fourth-order valence-electron chi connectivity index (χ4n) is 3.53. The number of benzene rings is 1. The number of rotatable bonds is 3. The van der Waals surface area contributed by atoms with Gasteiger partial charge in [0.1, 0.15) is 0 Å². The maximum Gasteiger partial charge on any atom is 0.251 e. The summed E-state index contributed by atoms with van der Waals surface area (Å²) >= 11 is 3.37. The summed E-state index contributed by atoms with van der Waals surface area (Å²) in [5, 5.41) is 3.46. The Morgan fingerprint density at radius 2 is 1.57 bits per heavy atom. The van der Waals surface area contributed by atoms with Crippen LogP contribution in [-0.2, 0) is 9.59 Å². The van der Waals surface area contributed by atoms with Gasteiger partial charge in [-0.3, -0.25) is 9.59 Å². The first kappa shape index (κ1) is 16.7.